The predicted octanol–water partition coefficient (Wildman–Crippen LogP) is 0.980. The number of anilines is 1. The van der Waals surface area contributed by atoms with Crippen LogP contribution >= 0.6 is 0 Å². The summed E-state index contributed by atoms with van der Waals surface area (Å²) in [5, 5.41) is 9.87. The number of carbonyl (C=O) groups excluding carboxylic acids is 1. The summed E-state index contributed by atoms with van der Waals surface area (Å²) in [6.07, 6.45) is 3.39. The molecule has 0 saturated carbocycles. The molecule has 1 aromatic heterocycles. The van der Waals surface area contributed by atoms with Gasteiger partial charge in [-0.25, -0.2) is 4.68 Å². The number of rotatable bonds is 7. The number of carbonyl (C=O) groups is 1. The highest BCUT2D eigenvalue weighted by atomic mass is 16.2. The van der Waals surface area contributed by atoms with Crippen LogP contribution < -0.4 is 16.2 Å². The van der Waals surface area contributed by atoms with Crippen LogP contribution in [0.5, 0.6) is 0 Å². The molecule has 1 rings (SSSR count). The molecule has 1 atom stereocenters. The van der Waals surface area contributed by atoms with Gasteiger partial charge in [-0.15, -0.1) is 0 Å². The van der Waals surface area contributed by atoms with Crippen molar-refractivity contribution in [1.82, 2.24) is 15.1 Å². The van der Waals surface area contributed by atoms with Gasteiger partial charge in [0.25, 0.3) is 5.56 Å². The van der Waals surface area contributed by atoms with Crippen molar-refractivity contribution >= 4 is 11.6 Å². The first kappa shape index (κ1) is 15.2. The topological polar surface area (TPSA) is 76.0 Å². The molecule has 1 heterocycles. The Bertz CT molecular complexity index is 470. The maximum atomic E-state index is 11.8. The first-order chi connectivity index (χ1) is 9.06. The number of hydrogen-bond donors (Lipinski definition) is 2. The molecule has 0 spiro atoms. The second-order valence-corrected chi connectivity index (χ2v) is 4.54. The third-order valence-electron chi connectivity index (χ3n) is 2.76. The smallest absolute Gasteiger partial charge is 0.269 e. The van der Waals surface area contributed by atoms with Gasteiger partial charge in [0, 0.05) is 18.7 Å². The molecule has 0 aliphatic rings. The van der Waals surface area contributed by atoms with E-state index >= 15 is 0 Å². The van der Waals surface area contributed by atoms with Crippen molar-refractivity contribution in [3.63, 3.8) is 0 Å². The molecule has 0 aliphatic heterocycles. The van der Waals surface area contributed by atoms with Crippen molar-refractivity contribution in [3.05, 3.63) is 22.6 Å². The average molecular weight is 266 g/mol. The van der Waals surface area contributed by atoms with Crippen LogP contribution in [0.1, 0.15) is 33.6 Å². The molecule has 19 heavy (non-hydrogen) atoms. The lowest BCUT2D eigenvalue weighted by molar-refractivity contribution is -0.122. The van der Waals surface area contributed by atoms with E-state index in [0.29, 0.717) is 5.69 Å². The number of nitrogens with one attached hydrogen (secondary N) is 2. The van der Waals surface area contributed by atoms with Gasteiger partial charge in [0.05, 0.1) is 11.9 Å². The minimum atomic E-state index is -0.277. The van der Waals surface area contributed by atoms with E-state index < -0.39 is 0 Å². The van der Waals surface area contributed by atoms with Gasteiger partial charge in [0.15, 0.2) is 0 Å². The van der Waals surface area contributed by atoms with Crippen LogP contribution in [-0.4, -0.2) is 28.3 Å². The van der Waals surface area contributed by atoms with Gasteiger partial charge in [0.2, 0.25) is 5.91 Å². The summed E-state index contributed by atoms with van der Waals surface area (Å²) >= 11 is 0. The van der Waals surface area contributed by atoms with Crippen molar-refractivity contribution in [3.8, 4) is 0 Å². The van der Waals surface area contributed by atoms with E-state index in [1.807, 2.05) is 20.8 Å². The van der Waals surface area contributed by atoms with E-state index in [-0.39, 0.29) is 24.1 Å². The van der Waals surface area contributed by atoms with Crippen LogP contribution in [0.15, 0.2) is 17.1 Å². The SMILES string of the molecule is CCCNc1cnn(CC(=O)NC(C)CC)c(=O)c1. The Balaban J connectivity index is 2.64. The third-order valence-corrected chi connectivity index (χ3v) is 2.76. The standard InChI is InChI=1S/C13H22N4O2/c1-4-6-14-11-7-13(19)17(15-8-11)9-12(18)16-10(3)5-2/h7-8,10,14H,4-6,9H2,1-3H3,(H,16,18). The third kappa shape index (κ3) is 5.11. The molecule has 0 saturated heterocycles. The zero-order chi connectivity index (χ0) is 14.3. The lowest BCUT2D eigenvalue weighted by Crippen LogP contribution is -2.37. The van der Waals surface area contributed by atoms with E-state index in [1.54, 1.807) is 6.20 Å². The molecule has 0 fully saturated rings. The van der Waals surface area contributed by atoms with Gasteiger partial charge in [-0.3, -0.25) is 9.59 Å². The minimum absolute atomic E-state index is 0.0444. The normalized spacial score (nSPS) is 11.9. The number of amides is 1. The molecule has 0 bridgehead atoms. The Hall–Kier alpha value is -1.85. The van der Waals surface area contributed by atoms with Crippen molar-refractivity contribution in [2.24, 2.45) is 0 Å². The molecule has 0 radical (unpaired) electrons. The Kier molecular flexibility index (Phi) is 6.05. The summed E-state index contributed by atoms with van der Waals surface area (Å²) in [5.41, 5.74) is 0.408. The first-order valence-corrected chi connectivity index (χ1v) is 6.67. The second kappa shape index (κ2) is 7.56. The molecule has 1 unspecified atom stereocenters. The van der Waals surface area contributed by atoms with E-state index in [2.05, 4.69) is 15.7 Å². The Labute approximate surface area is 113 Å². The summed E-state index contributed by atoms with van der Waals surface area (Å²) in [6.45, 7) is 6.70. The van der Waals surface area contributed by atoms with Crippen LogP contribution in [0.3, 0.4) is 0 Å². The summed E-state index contributed by atoms with van der Waals surface area (Å²) in [6, 6.07) is 1.56. The Morgan fingerprint density at radius 2 is 2.21 bits per heavy atom. The fourth-order valence-corrected chi connectivity index (χ4v) is 1.48. The van der Waals surface area contributed by atoms with E-state index in [1.165, 1.54) is 6.07 Å². The summed E-state index contributed by atoms with van der Waals surface area (Å²) < 4.78 is 1.16. The molecule has 1 aromatic rings. The lowest BCUT2D eigenvalue weighted by atomic mass is 10.2. The summed E-state index contributed by atoms with van der Waals surface area (Å²) in [4.78, 5) is 23.4. The van der Waals surface area contributed by atoms with Crippen molar-refractivity contribution in [1.29, 1.82) is 0 Å². The summed E-state index contributed by atoms with van der Waals surface area (Å²) in [7, 11) is 0. The molecule has 2 N–H and O–H groups in total. The highest BCUT2D eigenvalue weighted by molar-refractivity contribution is 5.75. The van der Waals surface area contributed by atoms with Crippen LogP contribution in [0, 0.1) is 0 Å². The first-order valence-electron chi connectivity index (χ1n) is 6.67. The van der Waals surface area contributed by atoms with E-state index in [0.717, 1.165) is 24.1 Å². The van der Waals surface area contributed by atoms with Gasteiger partial charge >= 0.3 is 0 Å². The molecule has 106 valence electrons. The number of hydrogen-bond acceptors (Lipinski definition) is 4. The van der Waals surface area contributed by atoms with Gasteiger partial charge in [-0.1, -0.05) is 13.8 Å². The molecule has 0 aromatic carbocycles. The molecular formula is C13H22N4O2. The maximum Gasteiger partial charge on any atom is 0.269 e. The Morgan fingerprint density at radius 3 is 2.79 bits per heavy atom. The van der Waals surface area contributed by atoms with Crippen LogP contribution in [0.4, 0.5) is 5.69 Å². The van der Waals surface area contributed by atoms with E-state index in [9.17, 15) is 9.59 Å². The Morgan fingerprint density at radius 1 is 1.47 bits per heavy atom. The molecular weight excluding hydrogens is 244 g/mol. The highest BCUT2D eigenvalue weighted by Crippen LogP contribution is 1.99. The predicted molar refractivity (Wildman–Crippen MR) is 75.2 cm³/mol. The van der Waals surface area contributed by atoms with Crippen molar-refractivity contribution in [2.45, 2.75) is 46.2 Å². The highest BCUT2D eigenvalue weighted by Gasteiger charge is 2.08. The van der Waals surface area contributed by atoms with Crippen molar-refractivity contribution < 1.29 is 4.79 Å². The number of aromatic nitrogens is 2. The second-order valence-electron chi connectivity index (χ2n) is 4.54. The van der Waals surface area contributed by atoms with Crippen LogP contribution in [-0.2, 0) is 11.3 Å². The monoisotopic (exact) mass is 266 g/mol. The van der Waals surface area contributed by atoms with Crippen molar-refractivity contribution in [2.75, 3.05) is 11.9 Å². The fourth-order valence-electron chi connectivity index (χ4n) is 1.48. The fraction of sp³-hybridized carbons (Fsp3) is 0.615. The maximum absolute atomic E-state index is 11.8. The average Bonchev–Trinajstić information content (AvgIpc) is 2.39. The minimum Gasteiger partial charge on any atom is -0.384 e. The van der Waals surface area contributed by atoms with E-state index in [4.69, 9.17) is 0 Å². The zero-order valence-corrected chi connectivity index (χ0v) is 11.8. The van der Waals surface area contributed by atoms with Gasteiger partial charge in [-0.2, -0.15) is 5.10 Å². The molecule has 6 heteroatoms. The van der Waals surface area contributed by atoms with Gasteiger partial charge < -0.3 is 10.6 Å². The molecule has 1 amide bonds. The largest absolute Gasteiger partial charge is 0.384 e. The van der Waals surface area contributed by atoms with Crippen LogP contribution in [0.25, 0.3) is 0 Å². The lowest BCUT2D eigenvalue weighted by Gasteiger charge is -2.12. The summed E-state index contributed by atoms with van der Waals surface area (Å²) in [5.74, 6) is -0.196. The quantitative estimate of drug-likeness (QED) is 0.771. The zero-order valence-electron chi connectivity index (χ0n) is 11.8. The molecule has 0 aliphatic carbocycles. The number of nitrogens with zero attached hydrogens (tertiary/aromatic N) is 2. The van der Waals surface area contributed by atoms with Crippen LogP contribution in [0.2, 0.25) is 0 Å². The van der Waals surface area contributed by atoms with Gasteiger partial charge in [-0.05, 0) is 19.8 Å². The van der Waals surface area contributed by atoms with Gasteiger partial charge in [0.1, 0.15) is 6.54 Å². The molecule has 6 nitrogen and oxygen atoms in total.